The minimum Gasteiger partial charge on any atom is -0.352 e. The molecule has 1 saturated carbocycles. The van der Waals surface area contributed by atoms with Crippen LogP contribution in [-0.2, 0) is 10.2 Å². The second kappa shape index (κ2) is 5.87. The molecule has 0 atom stereocenters. The zero-order valence-corrected chi connectivity index (χ0v) is 11.7. The van der Waals surface area contributed by atoms with Gasteiger partial charge in [-0.15, -0.1) is 0 Å². The molecule has 4 nitrogen and oxygen atoms in total. The van der Waals surface area contributed by atoms with Crippen molar-refractivity contribution >= 4 is 12.0 Å². The number of carbonyl (C=O) groups excluding carboxylic acids is 1. The Morgan fingerprint density at radius 3 is 2.71 bits per heavy atom. The first-order valence-electron chi connectivity index (χ1n) is 7.06. The van der Waals surface area contributed by atoms with E-state index in [4.69, 9.17) is 0 Å². The Labute approximate surface area is 123 Å². The minimum atomic E-state index is -0.0946. The van der Waals surface area contributed by atoms with E-state index in [1.165, 1.54) is 11.6 Å². The van der Waals surface area contributed by atoms with E-state index in [-0.39, 0.29) is 11.3 Å². The van der Waals surface area contributed by atoms with Gasteiger partial charge in [0.05, 0.1) is 11.9 Å². The highest BCUT2D eigenvalue weighted by Gasteiger charge is 2.43. The van der Waals surface area contributed by atoms with Crippen molar-refractivity contribution in [2.24, 2.45) is 0 Å². The topological polar surface area (TPSA) is 54.9 Å². The fourth-order valence-electron chi connectivity index (χ4n) is 2.38. The van der Waals surface area contributed by atoms with Crippen molar-refractivity contribution in [3.8, 4) is 0 Å². The van der Waals surface area contributed by atoms with Crippen LogP contribution in [0, 0.1) is 0 Å². The molecule has 1 fully saturated rings. The van der Waals surface area contributed by atoms with Crippen LogP contribution in [0.25, 0.3) is 6.08 Å². The van der Waals surface area contributed by atoms with Gasteiger partial charge < -0.3 is 5.32 Å². The van der Waals surface area contributed by atoms with Gasteiger partial charge in [-0.25, -0.2) is 0 Å². The van der Waals surface area contributed by atoms with Crippen molar-refractivity contribution in [2.45, 2.75) is 18.3 Å². The molecular formula is C17H17N3O. The first kappa shape index (κ1) is 13.5. The first-order chi connectivity index (χ1) is 10.3. The molecule has 2 aromatic rings. The summed E-state index contributed by atoms with van der Waals surface area (Å²) in [6.45, 7) is 0.681. The predicted octanol–water partition coefficient (Wildman–Crippen LogP) is 2.34. The van der Waals surface area contributed by atoms with Crippen LogP contribution < -0.4 is 5.32 Å². The maximum atomic E-state index is 11.9. The highest BCUT2D eigenvalue weighted by atomic mass is 16.1. The molecule has 106 valence electrons. The molecule has 1 N–H and O–H groups in total. The van der Waals surface area contributed by atoms with Gasteiger partial charge in [0.15, 0.2) is 0 Å². The average molecular weight is 279 g/mol. The van der Waals surface area contributed by atoms with Gasteiger partial charge in [0.2, 0.25) is 5.91 Å². The maximum Gasteiger partial charge on any atom is 0.244 e. The average Bonchev–Trinajstić information content (AvgIpc) is 3.34. The molecular weight excluding hydrogens is 262 g/mol. The van der Waals surface area contributed by atoms with Gasteiger partial charge >= 0.3 is 0 Å². The normalized spacial score (nSPS) is 15.8. The molecule has 1 aromatic heterocycles. The van der Waals surface area contributed by atoms with Crippen LogP contribution in [0.4, 0.5) is 0 Å². The third-order valence-corrected chi connectivity index (χ3v) is 3.83. The molecule has 4 heteroatoms. The molecule has 0 spiro atoms. The largest absolute Gasteiger partial charge is 0.352 e. The number of hydrogen-bond acceptors (Lipinski definition) is 3. The second-order valence-electron chi connectivity index (χ2n) is 5.33. The lowest BCUT2D eigenvalue weighted by Gasteiger charge is -2.15. The number of aromatic nitrogens is 2. The number of carbonyl (C=O) groups is 1. The summed E-state index contributed by atoms with van der Waals surface area (Å²) in [5, 5.41) is 2.98. The van der Waals surface area contributed by atoms with Gasteiger partial charge in [0, 0.05) is 30.4 Å². The van der Waals surface area contributed by atoms with E-state index in [0.717, 1.165) is 12.8 Å². The number of nitrogens with one attached hydrogen (secondary N) is 1. The molecule has 0 saturated heterocycles. The Hall–Kier alpha value is -2.49. The Morgan fingerprint density at radius 1 is 1.24 bits per heavy atom. The van der Waals surface area contributed by atoms with E-state index in [1.54, 1.807) is 24.7 Å². The van der Waals surface area contributed by atoms with Crippen molar-refractivity contribution in [3.05, 3.63) is 66.3 Å². The summed E-state index contributed by atoms with van der Waals surface area (Å²) < 4.78 is 0. The van der Waals surface area contributed by atoms with Gasteiger partial charge in [0.25, 0.3) is 0 Å². The Bertz CT molecular complexity index is 634. The summed E-state index contributed by atoms with van der Waals surface area (Å²) in [7, 11) is 0. The van der Waals surface area contributed by atoms with E-state index in [1.807, 2.05) is 18.2 Å². The number of amides is 1. The smallest absolute Gasteiger partial charge is 0.244 e. The van der Waals surface area contributed by atoms with E-state index in [0.29, 0.717) is 12.2 Å². The van der Waals surface area contributed by atoms with Crippen molar-refractivity contribution in [2.75, 3.05) is 6.54 Å². The van der Waals surface area contributed by atoms with Crippen LogP contribution in [0.1, 0.15) is 24.1 Å². The van der Waals surface area contributed by atoms with E-state index < -0.39 is 0 Å². The summed E-state index contributed by atoms with van der Waals surface area (Å²) >= 11 is 0. The summed E-state index contributed by atoms with van der Waals surface area (Å²) in [6, 6.07) is 10.4. The monoisotopic (exact) mass is 279 g/mol. The van der Waals surface area contributed by atoms with Gasteiger partial charge in [0.1, 0.15) is 0 Å². The van der Waals surface area contributed by atoms with Gasteiger partial charge in [-0.1, -0.05) is 30.3 Å². The lowest BCUT2D eigenvalue weighted by molar-refractivity contribution is -0.116. The number of benzene rings is 1. The zero-order valence-electron chi connectivity index (χ0n) is 11.7. The Morgan fingerprint density at radius 2 is 2.05 bits per heavy atom. The Balaban J connectivity index is 1.56. The lowest BCUT2D eigenvalue weighted by atomic mass is 9.96. The van der Waals surface area contributed by atoms with Crippen molar-refractivity contribution < 1.29 is 4.79 Å². The standard InChI is InChI=1S/C17H17N3O/c21-16(7-6-15-12-18-10-11-19-15)20-13-17(8-9-17)14-4-2-1-3-5-14/h1-7,10-12H,8-9,13H2,(H,20,21)/b7-6+. The van der Waals surface area contributed by atoms with Gasteiger partial charge in [-0.2, -0.15) is 0 Å². The molecule has 0 unspecified atom stereocenters. The molecule has 21 heavy (non-hydrogen) atoms. The molecule has 0 bridgehead atoms. The molecule has 1 aliphatic carbocycles. The summed E-state index contributed by atoms with van der Waals surface area (Å²) in [5.41, 5.74) is 2.12. The first-order valence-corrected chi connectivity index (χ1v) is 7.06. The molecule has 1 amide bonds. The van der Waals surface area contributed by atoms with E-state index >= 15 is 0 Å². The number of hydrogen-bond donors (Lipinski definition) is 1. The lowest BCUT2D eigenvalue weighted by Crippen LogP contribution is -2.30. The highest BCUT2D eigenvalue weighted by molar-refractivity contribution is 5.91. The predicted molar refractivity (Wildman–Crippen MR) is 81.4 cm³/mol. The summed E-state index contributed by atoms with van der Waals surface area (Å²) in [4.78, 5) is 19.9. The maximum absolute atomic E-state index is 11.9. The summed E-state index contributed by atoms with van der Waals surface area (Å²) in [6.07, 6.45) is 10.3. The highest BCUT2D eigenvalue weighted by Crippen LogP contribution is 2.47. The fourth-order valence-corrected chi connectivity index (χ4v) is 2.38. The van der Waals surface area contributed by atoms with E-state index in [2.05, 4.69) is 27.4 Å². The van der Waals surface area contributed by atoms with Crippen LogP contribution in [0.15, 0.2) is 55.0 Å². The zero-order chi connectivity index (χ0) is 14.5. The SMILES string of the molecule is O=C(/C=C/c1cnccn1)NCC1(c2ccccc2)CC1. The molecule has 1 heterocycles. The van der Waals surface area contributed by atoms with Crippen molar-refractivity contribution in [3.63, 3.8) is 0 Å². The molecule has 3 rings (SSSR count). The second-order valence-corrected chi connectivity index (χ2v) is 5.33. The third-order valence-electron chi connectivity index (χ3n) is 3.83. The third kappa shape index (κ3) is 3.34. The quantitative estimate of drug-likeness (QED) is 0.855. The van der Waals surface area contributed by atoms with Gasteiger partial charge in [-0.05, 0) is 24.5 Å². The summed E-state index contributed by atoms with van der Waals surface area (Å²) in [5.74, 6) is -0.0946. The fraction of sp³-hybridized carbons (Fsp3) is 0.235. The Kier molecular flexibility index (Phi) is 3.77. The van der Waals surface area contributed by atoms with Crippen LogP contribution in [0.5, 0.6) is 0 Å². The van der Waals surface area contributed by atoms with Gasteiger partial charge in [-0.3, -0.25) is 14.8 Å². The van der Waals surface area contributed by atoms with E-state index in [9.17, 15) is 4.79 Å². The number of nitrogens with zero attached hydrogens (tertiary/aromatic N) is 2. The number of rotatable bonds is 5. The van der Waals surface area contributed by atoms with Crippen molar-refractivity contribution in [1.29, 1.82) is 0 Å². The van der Waals surface area contributed by atoms with Crippen molar-refractivity contribution in [1.82, 2.24) is 15.3 Å². The van der Waals surface area contributed by atoms with Crippen LogP contribution in [0.3, 0.4) is 0 Å². The molecule has 1 aliphatic rings. The molecule has 0 radical (unpaired) electrons. The molecule has 1 aromatic carbocycles. The minimum absolute atomic E-state index is 0.0946. The molecule has 0 aliphatic heterocycles. The van der Waals surface area contributed by atoms with Crippen LogP contribution >= 0.6 is 0 Å². The van der Waals surface area contributed by atoms with Crippen LogP contribution in [-0.4, -0.2) is 22.4 Å². The van der Waals surface area contributed by atoms with Crippen LogP contribution in [0.2, 0.25) is 0 Å².